The summed E-state index contributed by atoms with van der Waals surface area (Å²) in [7, 11) is -3.44. The molecule has 0 aromatic heterocycles. The van der Waals surface area contributed by atoms with Crippen molar-refractivity contribution in [2.24, 2.45) is 0 Å². The van der Waals surface area contributed by atoms with Crippen molar-refractivity contribution in [1.29, 1.82) is 0 Å². The lowest BCUT2D eigenvalue weighted by Gasteiger charge is -2.29. The molecule has 1 saturated carbocycles. The van der Waals surface area contributed by atoms with Gasteiger partial charge in [-0.1, -0.05) is 66.7 Å². The molecular weight excluding hydrogens is 316 g/mol. The summed E-state index contributed by atoms with van der Waals surface area (Å²) in [6.45, 7) is 0. The smallest absolute Gasteiger partial charge is 0.207 e. The molecule has 0 saturated heterocycles. The second-order valence-electron chi connectivity index (χ2n) is 6.63. The first-order valence-corrected chi connectivity index (χ1v) is 9.63. The van der Waals surface area contributed by atoms with Gasteiger partial charge in [0.2, 0.25) is 9.84 Å². The third-order valence-electron chi connectivity index (χ3n) is 5.48. The van der Waals surface area contributed by atoms with Crippen LogP contribution in [0.4, 0.5) is 0 Å². The second-order valence-corrected chi connectivity index (χ2v) is 8.52. The number of rotatable bonds is 1. The van der Waals surface area contributed by atoms with Crippen LogP contribution in [-0.2, 0) is 15.3 Å². The van der Waals surface area contributed by atoms with E-state index < -0.39 is 9.84 Å². The van der Waals surface area contributed by atoms with Gasteiger partial charge in [-0.3, -0.25) is 0 Å². The van der Waals surface area contributed by atoms with Crippen molar-refractivity contribution in [1.82, 2.24) is 0 Å². The molecule has 1 fully saturated rings. The SMILES string of the molecule is O=S1(=O)c2ccccc2C2(CC2c2ccccc2)c2ccccc21. The average molecular weight is 332 g/mol. The predicted octanol–water partition coefficient (Wildman–Crippen LogP) is 4.31. The van der Waals surface area contributed by atoms with Crippen LogP contribution in [0.25, 0.3) is 0 Å². The standard InChI is InChI=1S/C21H16O2S/c22-24(23)19-12-6-4-10-16(19)21(17-11-5-7-13-20(17)24)14-18(21)15-8-2-1-3-9-15/h1-13,18H,14H2. The number of benzene rings is 3. The third-order valence-corrected chi connectivity index (χ3v) is 7.35. The fraction of sp³-hybridized carbons (Fsp3) is 0.143. The molecule has 2 nitrogen and oxygen atoms in total. The van der Waals surface area contributed by atoms with Gasteiger partial charge in [0.25, 0.3) is 0 Å². The van der Waals surface area contributed by atoms with Crippen LogP contribution in [0.15, 0.2) is 88.7 Å². The van der Waals surface area contributed by atoms with E-state index in [4.69, 9.17) is 0 Å². The Labute approximate surface area is 141 Å². The van der Waals surface area contributed by atoms with Gasteiger partial charge in [-0.2, -0.15) is 0 Å². The summed E-state index contributed by atoms with van der Waals surface area (Å²) in [6.07, 6.45) is 0.959. The molecule has 3 heteroatoms. The van der Waals surface area contributed by atoms with Crippen LogP contribution in [0.1, 0.15) is 29.0 Å². The molecule has 1 spiro atoms. The molecule has 1 atom stereocenters. The molecule has 0 amide bonds. The minimum atomic E-state index is -3.44. The van der Waals surface area contributed by atoms with E-state index in [-0.39, 0.29) is 5.41 Å². The summed E-state index contributed by atoms with van der Waals surface area (Å²) < 4.78 is 26.1. The lowest BCUT2D eigenvalue weighted by atomic mass is 9.83. The van der Waals surface area contributed by atoms with E-state index in [1.54, 1.807) is 12.1 Å². The van der Waals surface area contributed by atoms with Gasteiger partial charge in [-0.15, -0.1) is 0 Å². The van der Waals surface area contributed by atoms with E-state index in [1.165, 1.54) is 5.56 Å². The van der Waals surface area contributed by atoms with Crippen LogP contribution in [0.5, 0.6) is 0 Å². The summed E-state index contributed by atoms with van der Waals surface area (Å²) in [5.74, 6) is 0.330. The summed E-state index contributed by atoms with van der Waals surface area (Å²) in [5, 5.41) is 0. The number of fused-ring (bicyclic) bond motifs is 4. The van der Waals surface area contributed by atoms with Crippen LogP contribution in [0.2, 0.25) is 0 Å². The lowest BCUT2D eigenvalue weighted by molar-refractivity contribution is 0.583. The molecule has 1 unspecified atom stereocenters. The maximum Gasteiger partial charge on any atom is 0.207 e. The van der Waals surface area contributed by atoms with Crippen molar-refractivity contribution in [3.63, 3.8) is 0 Å². The Hall–Kier alpha value is -2.39. The van der Waals surface area contributed by atoms with Gasteiger partial charge in [0, 0.05) is 5.41 Å². The van der Waals surface area contributed by atoms with Crippen molar-refractivity contribution in [3.8, 4) is 0 Å². The maximum absolute atomic E-state index is 13.1. The van der Waals surface area contributed by atoms with Crippen LogP contribution in [-0.4, -0.2) is 8.42 Å². The summed E-state index contributed by atoms with van der Waals surface area (Å²) in [6, 6.07) is 25.4. The maximum atomic E-state index is 13.1. The molecule has 5 rings (SSSR count). The monoisotopic (exact) mass is 332 g/mol. The third kappa shape index (κ3) is 1.63. The molecule has 0 bridgehead atoms. The minimum Gasteiger partial charge on any atom is -0.218 e. The normalized spacial score (nSPS) is 21.8. The van der Waals surface area contributed by atoms with E-state index in [0.29, 0.717) is 15.7 Å². The Morgan fingerprint density at radius 2 is 1.21 bits per heavy atom. The fourth-order valence-corrected chi connectivity index (χ4v) is 6.18. The van der Waals surface area contributed by atoms with Crippen molar-refractivity contribution in [2.45, 2.75) is 27.5 Å². The molecular formula is C21H16O2S. The molecule has 0 N–H and O–H groups in total. The molecule has 118 valence electrons. The Morgan fingerprint density at radius 1 is 0.708 bits per heavy atom. The van der Waals surface area contributed by atoms with E-state index in [1.807, 2.05) is 42.5 Å². The van der Waals surface area contributed by atoms with Gasteiger partial charge < -0.3 is 0 Å². The molecule has 2 aliphatic rings. The molecule has 3 aromatic carbocycles. The molecule has 3 aromatic rings. The highest BCUT2D eigenvalue weighted by molar-refractivity contribution is 7.91. The van der Waals surface area contributed by atoms with E-state index >= 15 is 0 Å². The quantitative estimate of drug-likeness (QED) is 0.665. The van der Waals surface area contributed by atoms with E-state index in [2.05, 4.69) is 24.3 Å². The minimum absolute atomic E-state index is 0.208. The van der Waals surface area contributed by atoms with Gasteiger partial charge in [-0.05, 0) is 41.2 Å². The molecule has 1 aliphatic heterocycles. The fourth-order valence-electron chi connectivity index (χ4n) is 4.35. The zero-order valence-corrected chi connectivity index (χ0v) is 13.8. The Bertz CT molecular complexity index is 998. The van der Waals surface area contributed by atoms with Gasteiger partial charge in [0.05, 0.1) is 9.79 Å². The summed E-state index contributed by atoms with van der Waals surface area (Å²) in [5.41, 5.74) is 2.98. The Kier molecular flexibility index (Phi) is 2.67. The van der Waals surface area contributed by atoms with Gasteiger partial charge >= 0.3 is 0 Å². The Balaban J connectivity index is 1.82. The number of hydrogen-bond donors (Lipinski definition) is 0. The van der Waals surface area contributed by atoms with Crippen molar-refractivity contribution < 1.29 is 8.42 Å². The molecule has 1 aliphatic carbocycles. The summed E-state index contributed by atoms with van der Waals surface area (Å²) >= 11 is 0. The summed E-state index contributed by atoms with van der Waals surface area (Å²) in [4.78, 5) is 0.948. The zero-order valence-electron chi connectivity index (χ0n) is 13.0. The van der Waals surface area contributed by atoms with Crippen LogP contribution >= 0.6 is 0 Å². The molecule has 1 heterocycles. The second kappa shape index (κ2) is 4.58. The van der Waals surface area contributed by atoms with Gasteiger partial charge in [0.15, 0.2) is 0 Å². The zero-order chi connectivity index (χ0) is 16.4. The molecule has 24 heavy (non-hydrogen) atoms. The van der Waals surface area contributed by atoms with Crippen LogP contribution < -0.4 is 0 Å². The number of sulfone groups is 1. The largest absolute Gasteiger partial charge is 0.218 e. The Morgan fingerprint density at radius 3 is 1.79 bits per heavy atom. The number of hydrogen-bond acceptors (Lipinski definition) is 2. The van der Waals surface area contributed by atoms with Crippen LogP contribution in [0, 0.1) is 0 Å². The first kappa shape index (κ1) is 14.0. The highest BCUT2D eigenvalue weighted by Crippen LogP contribution is 2.68. The van der Waals surface area contributed by atoms with E-state index in [9.17, 15) is 8.42 Å². The highest BCUT2D eigenvalue weighted by Gasteiger charge is 2.61. The van der Waals surface area contributed by atoms with Gasteiger partial charge in [0.1, 0.15) is 0 Å². The lowest BCUT2D eigenvalue weighted by Crippen LogP contribution is -2.25. The topological polar surface area (TPSA) is 34.1 Å². The van der Waals surface area contributed by atoms with E-state index in [0.717, 1.165) is 17.5 Å². The van der Waals surface area contributed by atoms with Crippen molar-refractivity contribution in [3.05, 3.63) is 95.6 Å². The first-order valence-electron chi connectivity index (χ1n) is 8.15. The highest BCUT2D eigenvalue weighted by atomic mass is 32.2. The molecule has 0 radical (unpaired) electrons. The van der Waals surface area contributed by atoms with Crippen molar-refractivity contribution >= 4 is 9.84 Å². The van der Waals surface area contributed by atoms with Crippen LogP contribution in [0.3, 0.4) is 0 Å². The average Bonchev–Trinajstić information content (AvgIpc) is 3.38. The first-order chi connectivity index (χ1) is 11.7. The predicted molar refractivity (Wildman–Crippen MR) is 92.9 cm³/mol. The van der Waals surface area contributed by atoms with Crippen molar-refractivity contribution in [2.75, 3.05) is 0 Å². The van der Waals surface area contributed by atoms with Gasteiger partial charge in [-0.25, -0.2) is 8.42 Å².